The van der Waals surface area contributed by atoms with Crippen molar-refractivity contribution in [1.82, 2.24) is 10.2 Å². The summed E-state index contributed by atoms with van der Waals surface area (Å²) >= 11 is 0. The van der Waals surface area contributed by atoms with E-state index in [0.717, 1.165) is 24.4 Å². The van der Waals surface area contributed by atoms with Gasteiger partial charge in [-0.05, 0) is 44.1 Å². The van der Waals surface area contributed by atoms with Gasteiger partial charge in [0.15, 0.2) is 0 Å². The molecule has 1 saturated heterocycles. The molecule has 1 aliphatic rings. The van der Waals surface area contributed by atoms with Gasteiger partial charge in [0, 0.05) is 19.1 Å². The number of aliphatic hydroxyl groups is 1. The molecule has 0 aromatic heterocycles. The number of likely N-dealkylation sites (N-methyl/N-ethyl adjacent to an activating group) is 1. The Morgan fingerprint density at radius 3 is 3.05 bits per heavy atom. The standard InChI is InChI=1S/C15H24N2O2/c1-17(13-6-4-8-16-10-13)11-15(18)12-5-3-7-14(9-12)19-2/h3,5,7,9,13,15-16,18H,4,6,8,10-11H2,1-2H3. The highest BCUT2D eigenvalue weighted by molar-refractivity contribution is 5.29. The number of hydrogen-bond donors (Lipinski definition) is 2. The molecule has 106 valence electrons. The maximum absolute atomic E-state index is 10.3. The molecule has 1 aliphatic heterocycles. The van der Waals surface area contributed by atoms with Crippen LogP contribution < -0.4 is 10.1 Å². The van der Waals surface area contributed by atoms with Gasteiger partial charge in [-0.1, -0.05) is 12.1 Å². The minimum Gasteiger partial charge on any atom is -0.497 e. The van der Waals surface area contributed by atoms with E-state index in [2.05, 4.69) is 17.3 Å². The first-order valence-corrected chi connectivity index (χ1v) is 6.93. The van der Waals surface area contributed by atoms with Gasteiger partial charge in [-0.3, -0.25) is 4.90 Å². The molecule has 2 atom stereocenters. The van der Waals surface area contributed by atoms with Crippen LogP contribution in [0.3, 0.4) is 0 Å². The second kappa shape index (κ2) is 6.89. The molecule has 2 rings (SSSR count). The highest BCUT2D eigenvalue weighted by atomic mass is 16.5. The number of rotatable bonds is 5. The fourth-order valence-corrected chi connectivity index (χ4v) is 2.59. The van der Waals surface area contributed by atoms with Crippen LogP contribution in [0.4, 0.5) is 0 Å². The Morgan fingerprint density at radius 2 is 2.37 bits per heavy atom. The van der Waals surface area contributed by atoms with Gasteiger partial charge in [0.1, 0.15) is 5.75 Å². The first-order chi connectivity index (χ1) is 9.20. The van der Waals surface area contributed by atoms with Crippen LogP contribution in [0.5, 0.6) is 5.75 Å². The molecule has 2 unspecified atom stereocenters. The number of nitrogens with one attached hydrogen (secondary N) is 1. The SMILES string of the molecule is COc1cccc(C(O)CN(C)C2CCCNC2)c1. The van der Waals surface area contributed by atoms with E-state index in [-0.39, 0.29) is 0 Å². The zero-order valence-electron chi connectivity index (χ0n) is 11.8. The number of methoxy groups -OCH3 is 1. The van der Waals surface area contributed by atoms with Gasteiger partial charge in [-0.15, -0.1) is 0 Å². The Hall–Kier alpha value is -1.10. The number of piperidine rings is 1. The second-order valence-corrected chi connectivity index (χ2v) is 5.23. The molecule has 1 heterocycles. The summed E-state index contributed by atoms with van der Waals surface area (Å²) in [4.78, 5) is 2.25. The van der Waals surface area contributed by atoms with Gasteiger partial charge in [-0.2, -0.15) is 0 Å². The molecule has 0 spiro atoms. The molecule has 1 fully saturated rings. The Labute approximate surface area is 115 Å². The van der Waals surface area contributed by atoms with E-state index < -0.39 is 6.10 Å². The molecule has 19 heavy (non-hydrogen) atoms. The first kappa shape index (κ1) is 14.3. The summed E-state index contributed by atoms with van der Waals surface area (Å²) in [5, 5.41) is 13.7. The lowest BCUT2D eigenvalue weighted by molar-refractivity contribution is 0.0953. The summed E-state index contributed by atoms with van der Waals surface area (Å²) < 4.78 is 5.19. The van der Waals surface area contributed by atoms with Crippen molar-refractivity contribution in [2.24, 2.45) is 0 Å². The third-order valence-electron chi connectivity index (χ3n) is 3.83. The number of aliphatic hydroxyl groups excluding tert-OH is 1. The summed E-state index contributed by atoms with van der Waals surface area (Å²) in [6.45, 7) is 2.78. The predicted octanol–water partition coefficient (Wildman–Crippen LogP) is 1.41. The van der Waals surface area contributed by atoms with Gasteiger partial charge in [0.05, 0.1) is 13.2 Å². The summed E-state index contributed by atoms with van der Waals surface area (Å²) in [7, 11) is 3.73. The smallest absolute Gasteiger partial charge is 0.119 e. The maximum atomic E-state index is 10.3. The fourth-order valence-electron chi connectivity index (χ4n) is 2.59. The van der Waals surface area contributed by atoms with Crippen LogP contribution in [-0.4, -0.2) is 49.8 Å². The molecular formula is C15H24N2O2. The van der Waals surface area contributed by atoms with Crippen LogP contribution in [0.15, 0.2) is 24.3 Å². The normalized spacial score (nSPS) is 21.4. The molecule has 4 nitrogen and oxygen atoms in total. The molecule has 4 heteroatoms. The number of benzene rings is 1. The molecule has 0 aliphatic carbocycles. The van der Waals surface area contributed by atoms with Crippen LogP contribution in [0.25, 0.3) is 0 Å². The second-order valence-electron chi connectivity index (χ2n) is 5.23. The zero-order valence-corrected chi connectivity index (χ0v) is 11.8. The zero-order chi connectivity index (χ0) is 13.7. The van der Waals surface area contributed by atoms with Crippen LogP contribution in [-0.2, 0) is 0 Å². The molecule has 1 aromatic rings. The summed E-state index contributed by atoms with van der Waals surface area (Å²) in [5.41, 5.74) is 0.912. The maximum Gasteiger partial charge on any atom is 0.119 e. The largest absolute Gasteiger partial charge is 0.497 e. The minimum absolute atomic E-state index is 0.470. The Balaban J connectivity index is 1.93. The number of ether oxygens (including phenoxy) is 1. The molecule has 0 radical (unpaired) electrons. The average Bonchev–Trinajstić information content (AvgIpc) is 2.48. The van der Waals surface area contributed by atoms with Crippen molar-refractivity contribution in [1.29, 1.82) is 0 Å². The third-order valence-corrected chi connectivity index (χ3v) is 3.83. The van der Waals surface area contributed by atoms with Gasteiger partial charge in [0.25, 0.3) is 0 Å². The van der Waals surface area contributed by atoms with Crippen LogP contribution in [0.1, 0.15) is 24.5 Å². The molecule has 1 aromatic carbocycles. The fraction of sp³-hybridized carbons (Fsp3) is 0.600. The lowest BCUT2D eigenvalue weighted by atomic mass is 10.0. The highest BCUT2D eigenvalue weighted by Crippen LogP contribution is 2.21. The van der Waals surface area contributed by atoms with E-state index >= 15 is 0 Å². The molecular weight excluding hydrogens is 240 g/mol. The number of hydrogen-bond acceptors (Lipinski definition) is 4. The molecule has 2 N–H and O–H groups in total. The van der Waals surface area contributed by atoms with Crippen molar-refractivity contribution in [3.63, 3.8) is 0 Å². The van der Waals surface area contributed by atoms with Gasteiger partial charge in [-0.25, -0.2) is 0 Å². The Bertz CT molecular complexity index is 391. The Kier molecular flexibility index (Phi) is 5.19. The highest BCUT2D eigenvalue weighted by Gasteiger charge is 2.20. The van der Waals surface area contributed by atoms with Crippen molar-refractivity contribution in [3.8, 4) is 5.75 Å². The molecule has 0 amide bonds. The van der Waals surface area contributed by atoms with Gasteiger partial charge >= 0.3 is 0 Å². The van der Waals surface area contributed by atoms with Crippen molar-refractivity contribution in [2.45, 2.75) is 25.0 Å². The first-order valence-electron chi connectivity index (χ1n) is 6.93. The minimum atomic E-state index is -0.470. The van der Waals surface area contributed by atoms with Crippen molar-refractivity contribution in [2.75, 3.05) is 33.8 Å². The summed E-state index contributed by atoms with van der Waals surface area (Å²) in [6.07, 6.45) is 1.94. The van der Waals surface area contributed by atoms with Gasteiger partial charge < -0.3 is 15.2 Å². The topological polar surface area (TPSA) is 44.7 Å². The van der Waals surface area contributed by atoms with E-state index in [1.165, 1.54) is 12.8 Å². The van der Waals surface area contributed by atoms with E-state index in [1.807, 2.05) is 24.3 Å². The van der Waals surface area contributed by atoms with Crippen LogP contribution in [0, 0.1) is 0 Å². The number of nitrogens with zero attached hydrogens (tertiary/aromatic N) is 1. The molecule has 0 saturated carbocycles. The molecule has 0 bridgehead atoms. The van der Waals surface area contributed by atoms with E-state index in [1.54, 1.807) is 7.11 Å². The van der Waals surface area contributed by atoms with E-state index in [4.69, 9.17) is 4.74 Å². The van der Waals surface area contributed by atoms with Crippen molar-refractivity contribution < 1.29 is 9.84 Å². The van der Waals surface area contributed by atoms with Crippen LogP contribution in [0.2, 0.25) is 0 Å². The predicted molar refractivity (Wildman–Crippen MR) is 76.5 cm³/mol. The lowest BCUT2D eigenvalue weighted by Crippen LogP contribution is -2.45. The van der Waals surface area contributed by atoms with E-state index in [9.17, 15) is 5.11 Å². The monoisotopic (exact) mass is 264 g/mol. The van der Waals surface area contributed by atoms with E-state index in [0.29, 0.717) is 12.6 Å². The summed E-state index contributed by atoms with van der Waals surface area (Å²) in [5.74, 6) is 0.790. The quantitative estimate of drug-likeness (QED) is 0.844. The Morgan fingerprint density at radius 1 is 1.53 bits per heavy atom. The average molecular weight is 264 g/mol. The van der Waals surface area contributed by atoms with Gasteiger partial charge in [0.2, 0.25) is 0 Å². The van der Waals surface area contributed by atoms with Crippen molar-refractivity contribution >= 4 is 0 Å². The van der Waals surface area contributed by atoms with Crippen LogP contribution >= 0.6 is 0 Å². The van der Waals surface area contributed by atoms with Crippen molar-refractivity contribution in [3.05, 3.63) is 29.8 Å². The summed E-state index contributed by atoms with van der Waals surface area (Å²) in [6, 6.07) is 8.18. The third kappa shape index (κ3) is 3.93. The lowest BCUT2D eigenvalue weighted by Gasteiger charge is -2.33.